The summed E-state index contributed by atoms with van der Waals surface area (Å²) in [4.78, 5) is 4.37. The van der Waals surface area contributed by atoms with Crippen LogP contribution in [0.15, 0.2) is 36.5 Å². The highest BCUT2D eigenvalue weighted by molar-refractivity contribution is 5.66. The van der Waals surface area contributed by atoms with Gasteiger partial charge < -0.3 is 9.80 Å². The van der Waals surface area contributed by atoms with Crippen molar-refractivity contribution in [2.24, 2.45) is 0 Å². The second-order valence-corrected chi connectivity index (χ2v) is 6.88. The molecule has 0 amide bonds. The number of hydrogen-bond donors (Lipinski definition) is 0. The van der Waals surface area contributed by atoms with Crippen molar-refractivity contribution in [1.82, 2.24) is 15.4 Å². The molecule has 0 atom stereocenters. The number of rotatable bonds is 6. The summed E-state index contributed by atoms with van der Waals surface area (Å²) in [6.45, 7) is 8.75. The molecule has 5 nitrogen and oxygen atoms in total. The van der Waals surface area contributed by atoms with Crippen LogP contribution in [0.1, 0.15) is 33.3 Å². The molecule has 0 aliphatic heterocycles. The normalized spacial score (nSPS) is 11.6. The van der Waals surface area contributed by atoms with Gasteiger partial charge in [0.1, 0.15) is 5.69 Å². The summed E-state index contributed by atoms with van der Waals surface area (Å²) in [6.07, 6.45) is 2.72. The Kier molecular flexibility index (Phi) is 5.19. The predicted molar refractivity (Wildman–Crippen MR) is 96.0 cm³/mol. The van der Waals surface area contributed by atoms with Crippen molar-refractivity contribution in [3.05, 3.63) is 42.1 Å². The Morgan fingerprint density at radius 3 is 2.35 bits per heavy atom. The molecule has 0 saturated carbocycles. The Labute approximate surface area is 139 Å². The van der Waals surface area contributed by atoms with Gasteiger partial charge in [-0.15, -0.1) is 10.2 Å². The van der Waals surface area contributed by atoms with Crippen molar-refractivity contribution < 1.29 is 0 Å². The molecule has 0 aliphatic rings. The van der Waals surface area contributed by atoms with Crippen LogP contribution >= 0.6 is 0 Å². The van der Waals surface area contributed by atoms with E-state index in [1.165, 1.54) is 5.56 Å². The van der Waals surface area contributed by atoms with Crippen LogP contribution in [0.25, 0.3) is 0 Å². The molecular weight excluding hydrogens is 286 g/mol. The quantitative estimate of drug-likeness (QED) is 0.819. The van der Waals surface area contributed by atoms with Crippen LogP contribution in [0.5, 0.6) is 0 Å². The first-order valence-electron chi connectivity index (χ1n) is 8.02. The van der Waals surface area contributed by atoms with Crippen molar-refractivity contribution in [2.45, 2.75) is 45.7 Å². The van der Waals surface area contributed by atoms with Crippen LogP contribution in [0.3, 0.4) is 0 Å². The molecule has 1 aromatic carbocycles. The van der Waals surface area contributed by atoms with Gasteiger partial charge in [0.25, 0.3) is 0 Å². The minimum Gasteiger partial charge on any atom is -0.368 e. The molecular formula is C18H27N5. The van der Waals surface area contributed by atoms with Crippen LogP contribution in [-0.2, 0) is 6.42 Å². The minimum absolute atomic E-state index is 0.0933. The molecule has 1 aromatic heterocycles. The highest BCUT2D eigenvalue weighted by Gasteiger charge is 2.28. The van der Waals surface area contributed by atoms with Crippen molar-refractivity contribution in [2.75, 3.05) is 23.9 Å². The maximum Gasteiger partial charge on any atom is 0.178 e. The van der Waals surface area contributed by atoms with Crippen LogP contribution in [-0.4, -0.2) is 41.1 Å². The van der Waals surface area contributed by atoms with E-state index in [2.05, 4.69) is 91.3 Å². The molecule has 0 spiro atoms. The van der Waals surface area contributed by atoms with Gasteiger partial charge in [-0.05, 0) is 44.9 Å². The first kappa shape index (κ1) is 17.2. The van der Waals surface area contributed by atoms with Crippen molar-refractivity contribution in [1.29, 1.82) is 0 Å². The lowest BCUT2D eigenvalue weighted by molar-refractivity contribution is 0.477. The predicted octanol–water partition coefficient (Wildman–Crippen LogP) is 3.17. The van der Waals surface area contributed by atoms with Crippen molar-refractivity contribution in [3.8, 4) is 0 Å². The molecule has 0 fully saturated rings. The summed E-state index contributed by atoms with van der Waals surface area (Å²) in [6, 6.07) is 10.9. The summed E-state index contributed by atoms with van der Waals surface area (Å²) in [5.41, 5.74) is 2.22. The molecule has 23 heavy (non-hydrogen) atoms. The fourth-order valence-electron chi connectivity index (χ4n) is 2.52. The van der Waals surface area contributed by atoms with E-state index in [4.69, 9.17) is 0 Å². The van der Waals surface area contributed by atoms with E-state index < -0.39 is 0 Å². The third kappa shape index (κ3) is 3.97. The van der Waals surface area contributed by atoms with E-state index in [9.17, 15) is 0 Å². The topological polar surface area (TPSA) is 45.2 Å². The van der Waals surface area contributed by atoms with Gasteiger partial charge in [-0.25, -0.2) is 0 Å². The second-order valence-electron chi connectivity index (χ2n) is 6.88. The van der Waals surface area contributed by atoms with Gasteiger partial charge in [0.05, 0.1) is 6.20 Å². The van der Waals surface area contributed by atoms with Gasteiger partial charge in [0.15, 0.2) is 5.82 Å². The van der Waals surface area contributed by atoms with Crippen LogP contribution in [0.2, 0.25) is 0 Å². The molecule has 1 heterocycles. The van der Waals surface area contributed by atoms with Gasteiger partial charge >= 0.3 is 0 Å². The van der Waals surface area contributed by atoms with Crippen molar-refractivity contribution >= 4 is 11.5 Å². The average Bonchev–Trinajstić information content (AvgIpc) is 2.54. The third-order valence-corrected chi connectivity index (χ3v) is 4.46. The van der Waals surface area contributed by atoms with E-state index >= 15 is 0 Å². The monoisotopic (exact) mass is 313 g/mol. The van der Waals surface area contributed by atoms with Crippen LogP contribution in [0.4, 0.5) is 11.5 Å². The number of aromatic nitrogens is 3. The molecule has 0 aliphatic carbocycles. The zero-order valence-electron chi connectivity index (χ0n) is 15.0. The molecule has 0 unspecified atom stereocenters. The summed E-state index contributed by atoms with van der Waals surface area (Å²) >= 11 is 0. The fourth-order valence-corrected chi connectivity index (χ4v) is 2.52. The largest absolute Gasteiger partial charge is 0.368 e. The van der Waals surface area contributed by atoms with Crippen LogP contribution in [0, 0.1) is 0 Å². The van der Waals surface area contributed by atoms with Crippen LogP contribution < -0.4 is 9.80 Å². The number of nitrogens with zero attached hydrogens (tertiary/aromatic N) is 5. The molecule has 0 bridgehead atoms. The lowest BCUT2D eigenvalue weighted by Gasteiger charge is -2.38. The molecule has 124 valence electrons. The molecule has 0 N–H and O–H groups in total. The Bertz CT molecular complexity index is 624. The number of anilines is 2. The van der Waals surface area contributed by atoms with E-state index in [1.807, 2.05) is 6.07 Å². The van der Waals surface area contributed by atoms with E-state index in [1.54, 1.807) is 6.20 Å². The third-order valence-electron chi connectivity index (χ3n) is 4.46. The van der Waals surface area contributed by atoms with E-state index in [-0.39, 0.29) is 5.54 Å². The van der Waals surface area contributed by atoms with Gasteiger partial charge in [0.2, 0.25) is 0 Å². The van der Waals surface area contributed by atoms with Gasteiger partial charge in [0, 0.05) is 25.7 Å². The number of hydrogen-bond acceptors (Lipinski definition) is 5. The Morgan fingerprint density at radius 2 is 1.74 bits per heavy atom. The standard InChI is InChI=1S/C18H27N5/c1-14(2)22(5)16-13-19-21-20-17(16)23(6)18(3,4)12-15-10-8-7-9-11-15/h7-11,13-14H,12H2,1-6H3. The summed E-state index contributed by atoms with van der Waals surface area (Å²) in [5, 5.41) is 12.1. The fraction of sp³-hybridized carbons (Fsp3) is 0.500. The van der Waals surface area contributed by atoms with Gasteiger partial charge in [-0.3, -0.25) is 0 Å². The molecule has 5 heteroatoms. The van der Waals surface area contributed by atoms with Crippen molar-refractivity contribution in [3.63, 3.8) is 0 Å². The summed E-state index contributed by atoms with van der Waals surface area (Å²) in [5.74, 6) is 0.858. The summed E-state index contributed by atoms with van der Waals surface area (Å²) < 4.78 is 0. The molecule has 0 saturated heterocycles. The molecule has 2 rings (SSSR count). The first-order chi connectivity index (χ1) is 10.8. The Morgan fingerprint density at radius 1 is 1.09 bits per heavy atom. The number of likely N-dealkylation sites (N-methyl/N-ethyl adjacent to an activating group) is 1. The second kappa shape index (κ2) is 6.94. The Hall–Kier alpha value is -2.17. The lowest BCUT2D eigenvalue weighted by atomic mass is 9.93. The van der Waals surface area contributed by atoms with Gasteiger partial charge in [-0.2, -0.15) is 0 Å². The molecule has 2 aromatic rings. The van der Waals surface area contributed by atoms with Gasteiger partial charge in [-0.1, -0.05) is 30.3 Å². The average molecular weight is 313 g/mol. The molecule has 0 radical (unpaired) electrons. The Balaban J connectivity index is 2.30. The maximum atomic E-state index is 4.31. The zero-order valence-corrected chi connectivity index (χ0v) is 15.0. The zero-order chi connectivity index (χ0) is 17.0. The maximum absolute atomic E-state index is 4.31. The highest BCUT2D eigenvalue weighted by atomic mass is 15.4. The van der Waals surface area contributed by atoms with E-state index in [0.29, 0.717) is 6.04 Å². The SMILES string of the molecule is CC(C)N(C)c1cnnnc1N(C)C(C)(C)Cc1ccccc1. The smallest absolute Gasteiger partial charge is 0.178 e. The summed E-state index contributed by atoms with van der Waals surface area (Å²) in [7, 11) is 4.13. The minimum atomic E-state index is -0.0933. The lowest BCUT2D eigenvalue weighted by Crippen LogP contribution is -2.44. The van der Waals surface area contributed by atoms with E-state index in [0.717, 1.165) is 17.9 Å². The number of benzene rings is 1. The highest BCUT2D eigenvalue weighted by Crippen LogP contribution is 2.31. The first-order valence-corrected chi connectivity index (χ1v) is 8.02.